The van der Waals surface area contributed by atoms with Crippen molar-refractivity contribution in [2.45, 2.75) is 30.6 Å². The number of pyridine rings is 1. The van der Waals surface area contributed by atoms with Crippen LogP contribution in [-0.4, -0.2) is 22.5 Å². The number of anilines is 2. The first-order chi connectivity index (χ1) is 7.69. The van der Waals surface area contributed by atoms with E-state index in [1.165, 1.54) is 19.3 Å². The Morgan fingerprint density at radius 2 is 2.31 bits per heavy atom. The zero-order chi connectivity index (χ0) is 11.5. The molecule has 1 heterocycles. The number of thioether (sulfide) groups is 1. The van der Waals surface area contributed by atoms with Crippen molar-refractivity contribution in [1.29, 1.82) is 0 Å². The summed E-state index contributed by atoms with van der Waals surface area (Å²) in [5.74, 6) is 0.788. The van der Waals surface area contributed by atoms with Crippen LogP contribution in [0.2, 0.25) is 5.15 Å². The highest BCUT2D eigenvalue weighted by Crippen LogP contribution is 2.31. The average Bonchev–Trinajstić information content (AvgIpc) is 2.63. The molecule has 0 amide bonds. The third-order valence-electron chi connectivity index (χ3n) is 2.90. The molecule has 1 saturated carbocycles. The standard InChI is InChI=1S/C11H16ClN3S/c1-16-9-4-2-3-8(9)14-11-6-7(13)5-10(12)15-11/h5-6,8-9H,2-4H2,1H3,(H3,13,14,15). The smallest absolute Gasteiger partial charge is 0.133 e. The van der Waals surface area contributed by atoms with Gasteiger partial charge < -0.3 is 11.1 Å². The molecule has 3 N–H and O–H groups in total. The molecule has 1 aromatic rings. The number of nitrogens with one attached hydrogen (secondary N) is 1. The molecule has 2 unspecified atom stereocenters. The summed E-state index contributed by atoms with van der Waals surface area (Å²) in [7, 11) is 0. The molecule has 2 rings (SSSR count). The maximum absolute atomic E-state index is 5.87. The molecule has 2 atom stereocenters. The van der Waals surface area contributed by atoms with Gasteiger partial charge in [0.15, 0.2) is 0 Å². The zero-order valence-corrected chi connectivity index (χ0v) is 10.8. The van der Waals surface area contributed by atoms with Crippen LogP contribution in [0.25, 0.3) is 0 Å². The molecular weight excluding hydrogens is 242 g/mol. The normalized spacial score (nSPS) is 24.6. The zero-order valence-electron chi connectivity index (χ0n) is 9.24. The number of nitrogens with zero attached hydrogens (tertiary/aromatic N) is 1. The van der Waals surface area contributed by atoms with Crippen LogP contribution in [0.4, 0.5) is 11.5 Å². The van der Waals surface area contributed by atoms with Crippen LogP contribution in [-0.2, 0) is 0 Å². The molecule has 0 radical (unpaired) electrons. The van der Waals surface area contributed by atoms with Crippen LogP contribution in [0, 0.1) is 0 Å². The van der Waals surface area contributed by atoms with Crippen LogP contribution in [0.5, 0.6) is 0 Å². The van der Waals surface area contributed by atoms with Gasteiger partial charge in [0.25, 0.3) is 0 Å². The van der Waals surface area contributed by atoms with Gasteiger partial charge in [-0.15, -0.1) is 0 Å². The second kappa shape index (κ2) is 5.15. The molecule has 3 nitrogen and oxygen atoms in total. The molecule has 0 saturated heterocycles. The number of hydrogen-bond acceptors (Lipinski definition) is 4. The topological polar surface area (TPSA) is 50.9 Å². The van der Waals surface area contributed by atoms with Crippen molar-refractivity contribution < 1.29 is 0 Å². The molecule has 1 aromatic heterocycles. The number of aromatic nitrogens is 1. The summed E-state index contributed by atoms with van der Waals surface area (Å²) in [5, 5.41) is 4.54. The Morgan fingerprint density at radius 3 is 3.00 bits per heavy atom. The van der Waals surface area contributed by atoms with Gasteiger partial charge in [-0.05, 0) is 25.2 Å². The minimum atomic E-state index is 0.446. The lowest BCUT2D eigenvalue weighted by atomic mass is 10.2. The van der Waals surface area contributed by atoms with Gasteiger partial charge >= 0.3 is 0 Å². The lowest BCUT2D eigenvalue weighted by Crippen LogP contribution is -2.26. The SMILES string of the molecule is CSC1CCCC1Nc1cc(N)cc(Cl)n1. The lowest BCUT2D eigenvalue weighted by molar-refractivity contribution is 0.763. The Bertz CT molecular complexity index is 352. The summed E-state index contributed by atoms with van der Waals surface area (Å²) in [6.07, 6.45) is 5.90. The third kappa shape index (κ3) is 2.74. The Hall–Kier alpha value is -0.610. The van der Waals surface area contributed by atoms with Crippen molar-refractivity contribution in [2.24, 2.45) is 0 Å². The van der Waals surface area contributed by atoms with Crippen molar-refractivity contribution in [3.63, 3.8) is 0 Å². The van der Waals surface area contributed by atoms with Gasteiger partial charge in [0, 0.05) is 23.0 Å². The molecular formula is C11H16ClN3S. The molecule has 0 aromatic carbocycles. The number of rotatable bonds is 3. The average molecular weight is 258 g/mol. The number of hydrogen-bond donors (Lipinski definition) is 2. The van der Waals surface area contributed by atoms with Crippen LogP contribution in [0.15, 0.2) is 12.1 Å². The van der Waals surface area contributed by atoms with Gasteiger partial charge in [-0.3, -0.25) is 0 Å². The van der Waals surface area contributed by atoms with E-state index in [1.54, 1.807) is 6.07 Å². The summed E-state index contributed by atoms with van der Waals surface area (Å²) >= 11 is 7.78. The highest BCUT2D eigenvalue weighted by atomic mass is 35.5. The minimum absolute atomic E-state index is 0.446. The van der Waals surface area contributed by atoms with Crippen LogP contribution >= 0.6 is 23.4 Å². The van der Waals surface area contributed by atoms with E-state index in [4.69, 9.17) is 17.3 Å². The monoisotopic (exact) mass is 257 g/mol. The highest BCUT2D eigenvalue weighted by molar-refractivity contribution is 7.99. The molecule has 16 heavy (non-hydrogen) atoms. The van der Waals surface area contributed by atoms with Crippen LogP contribution < -0.4 is 11.1 Å². The lowest BCUT2D eigenvalue weighted by Gasteiger charge is -2.19. The van der Waals surface area contributed by atoms with Gasteiger partial charge in [-0.25, -0.2) is 4.98 Å². The van der Waals surface area contributed by atoms with Crippen LogP contribution in [0.3, 0.4) is 0 Å². The fourth-order valence-corrected chi connectivity index (χ4v) is 3.31. The second-order valence-corrected chi connectivity index (χ2v) is 5.53. The Balaban J connectivity index is 2.08. The predicted octanol–water partition coefficient (Wildman–Crippen LogP) is 3.01. The molecule has 1 aliphatic rings. The maximum atomic E-state index is 5.87. The molecule has 0 aliphatic heterocycles. The van der Waals surface area contributed by atoms with E-state index in [0.29, 0.717) is 22.1 Å². The van der Waals surface area contributed by atoms with Crippen molar-refractivity contribution in [2.75, 3.05) is 17.3 Å². The van der Waals surface area contributed by atoms with Gasteiger partial charge in [-0.1, -0.05) is 18.0 Å². The quantitative estimate of drug-likeness (QED) is 0.818. The first-order valence-electron chi connectivity index (χ1n) is 5.41. The van der Waals surface area contributed by atoms with Crippen molar-refractivity contribution in [3.05, 3.63) is 17.3 Å². The van der Waals surface area contributed by atoms with Gasteiger partial charge in [-0.2, -0.15) is 11.8 Å². The van der Waals surface area contributed by atoms with Gasteiger partial charge in [0.1, 0.15) is 11.0 Å². The first-order valence-corrected chi connectivity index (χ1v) is 7.08. The predicted molar refractivity (Wildman–Crippen MR) is 72.2 cm³/mol. The van der Waals surface area contributed by atoms with E-state index in [2.05, 4.69) is 16.6 Å². The fourth-order valence-electron chi connectivity index (χ4n) is 2.15. The summed E-state index contributed by atoms with van der Waals surface area (Å²) in [5.41, 5.74) is 6.39. The van der Waals surface area contributed by atoms with E-state index in [9.17, 15) is 0 Å². The van der Waals surface area contributed by atoms with Crippen molar-refractivity contribution in [3.8, 4) is 0 Å². The van der Waals surface area contributed by atoms with E-state index >= 15 is 0 Å². The highest BCUT2D eigenvalue weighted by Gasteiger charge is 2.26. The molecule has 88 valence electrons. The summed E-state index contributed by atoms with van der Waals surface area (Å²) in [4.78, 5) is 4.23. The molecule has 1 fully saturated rings. The van der Waals surface area contributed by atoms with Crippen molar-refractivity contribution in [1.82, 2.24) is 4.98 Å². The number of nitrogens with two attached hydrogens (primary N) is 1. The van der Waals surface area contributed by atoms with Crippen molar-refractivity contribution >= 4 is 34.9 Å². The number of nitrogen functional groups attached to an aromatic ring is 1. The molecule has 5 heteroatoms. The molecule has 0 spiro atoms. The maximum Gasteiger partial charge on any atom is 0.133 e. The fraction of sp³-hybridized carbons (Fsp3) is 0.545. The summed E-state index contributed by atoms with van der Waals surface area (Å²) in [6.45, 7) is 0. The van der Waals surface area contributed by atoms with E-state index in [0.717, 1.165) is 5.82 Å². The number of halogens is 1. The minimum Gasteiger partial charge on any atom is -0.399 e. The summed E-state index contributed by atoms with van der Waals surface area (Å²) < 4.78 is 0. The van der Waals surface area contributed by atoms with Gasteiger partial charge in [0.05, 0.1) is 0 Å². The Morgan fingerprint density at radius 1 is 1.50 bits per heavy atom. The van der Waals surface area contributed by atoms with E-state index in [1.807, 2.05) is 17.8 Å². The molecule has 1 aliphatic carbocycles. The van der Waals surface area contributed by atoms with E-state index in [-0.39, 0.29) is 0 Å². The van der Waals surface area contributed by atoms with E-state index < -0.39 is 0 Å². The summed E-state index contributed by atoms with van der Waals surface area (Å²) in [6, 6.07) is 3.98. The Labute approximate surface area is 105 Å². The van der Waals surface area contributed by atoms with Crippen LogP contribution in [0.1, 0.15) is 19.3 Å². The largest absolute Gasteiger partial charge is 0.399 e. The van der Waals surface area contributed by atoms with Gasteiger partial charge in [0.2, 0.25) is 0 Å². The first kappa shape index (κ1) is 11.9. The second-order valence-electron chi connectivity index (χ2n) is 4.06. The molecule has 0 bridgehead atoms. The third-order valence-corrected chi connectivity index (χ3v) is 4.27. The Kier molecular flexibility index (Phi) is 3.82.